The molecule has 2 aromatic carbocycles. The van der Waals surface area contributed by atoms with Crippen molar-refractivity contribution in [2.75, 3.05) is 0 Å². The Morgan fingerprint density at radius 2 is 1.73 bits per heavy atom. The van der Waals surface area contributed by atoms with Crippen LogP contribution in [0.15, 0.2) is 58.1 Å². The molecule has 0 aliphatic rings. The average molecular weight is 474 g/mol. The van der Waals surface area contributed by atoms with Gasteiger partial charge in [0.15, 0.2) is 5.11 Å². The van der Waals surface area contributed by atoms with Crippen LogP contribution in [0.2, 0.25) is 0 Å². The molecule has 0 fully saturated rings. The standard InChI is InChI=1S/C14H13BrN3O4PS.2Na/c15-11-5-1-3-9(7-11)13(17-18-14(16)24)10-4-2-6-12(8-10)22-23(19,20)21;;/h1-8H,(H3,16,18,24)(H2,19,20,21);;/q;2*+1/p-2/b17-13-;;. The number of nitrogens with one attached hydrogen (secondary N) is 1. The van der Waals surface area contributed by atoms with Crippen molar-refractivity contribution in [3.8, 4) is 5.75 Å². The molecule has 12 heteroatoms. The van der Waals surface area contributed by atoms with Gasteiger partial charge in [-0.2, -0.15) is 5.10 Å². The van der Waals surface area contributed by atoms with Gasteiger partial charge in [-0.05, 0) is 36.5 Å². The largest absolute Gasteiger partial charge is 1.00 e. The van der Waals surface area contributed by atoms with Crippen molar-refractivity contribution in [3.05, 3.63) is 64.1 Å². The molecule has 2 aromatic rings. The van der Waals surface area contributed by atoms with Crippen molar-refractivity contribution < 1.29 is 78.0 Å². The Labute approximate surface area is 208 Å². The molecule has 0 bridgehead atoms. The summed E-state index contributed by atoms with van der Waals surface area (Å²) in [5.74, 6) is -0.112. The van der Waals surface area contributed by atoms with E-state index in [0.29, 0.717) is 16.8 Å². The predicted molar refractivity (Wildman–Crippen MR) is 94.4 cm³/mol. The maximum atomic E-state index is 10.8. The third-order valence-corrected chi connectivity index (χ3v) is 3.72. The van der Waals surface area contributed by atoms with Crippen molar-refractivity contribution in [2.24, 2.45) is 10.8 Å². The molecule has 3 N–H and O–H groups in total. The molecule has 0 atom stereocenters. The first-order valence-corrected chi connectivity index (χ1v) is 9.12. The van der Waals surface area contributed by atoms with Crippen LogP contribution in [0.25, 0.3) is 0 Å². The summed E-state index contributed by atoms with van der Waals surface area (Å²) in [6.45, 7) is 0. The molecule has 26 heavy (non-hydrogen) atoms. The van der Waals surface area contributed by atoms with Crippen LogP contribution >= 0.6 is 36.0 Å². The van der Waals surface area contributed by atoms with E-state index in [2.05, 4.69) is 31.0 Å². The third kappa shape index (κ3) is 8.95. The number of nitrogens with two attached hydrogens (primary N) is 1. The second kappa shape index (κ2) is 11.9. The SMILES string of the molecule is NC(=S)N/N=C(/c1cccc(Br)c1)c1cccc(OP(=O)([O-])[O-])c1.[Na+].[Na+]. The summed E-state index contributed by atoms with van der Waals surface area (Å²) in [4.78, 5) is 21.6. The second-order valence-corrected chi connectivity index (χ2v) is 6.95. The van der Waals surface area contributed by atoms with Gasteiger partial charge in [-0.1, -0.05) is 40.2 Å². The zero-order valence-electron chi connectivity index (χ0n) is 14.0. The number of thiocarbonyl (C=S) groups is 1. The van der Waals surface area contributed by atoms with Gasteiger partial charge in [-0.3, -0.25) is 5.43 Å². The topological polar surface area (TPSA) is 123 Å². The summed E-state index contributed by atoms with van der Waals surface area (Å²) in [5.41, 5.74) is 9.53. The van der Waals surface area contributed by atoms with E-state index < -0.39 is 7.82 Å². The van der Waals surface area contributed by atoms with E-state index in [1.54, 1.807) is 24.3 Å². The van der Waals surface area contributed by atoms with Gasteiger partial charge in [0.25, 0.3) is 0 Å². The first-order valence-electron chi connectivity index (χ1n) is 6.46. The van der Waals surface area contributed by atoms with Crippen LogP contribution in [0.4, 0.5) is 0 Å². The van der Waals surface area contributed by atoms with E-state index in [9.17, 15) is 14.4 Å². The second-order valence-electron chi connectivity index (χ2n) is 4.51. The number of hydrazone groups is 1. The number of rotatable bonds is 5. The van der Waals surface area contributed by atoms with Gasteiger partial charge in [-0.25, -0.2) is 0 Å². The van der Waals surface area contributed by atoms with E-state index in [1.165, 1.54) is 18.2 Å². The molecule has 7 nitrogen and oxygen atoms in total. The maximum absolute atomic E-state index is 10.8. The van der Waals surface area contributed by atoms with Crippen LogP contribution in [0.5, 0.6) is 5.75 Å². The summed E-state index contributed by atoms with van der Waals surface area (Å²) in [6, 6.07) is 13.2. The maximum Gasteiger partial charge on any atom is 1.00 e. The molecule has 0 heterocycles. The average Bonchev–Trinajstić information content (AvgIpc) is 2.46. The van der Waals surface area contributed by atoms with E-state index in [1.807, 2.05) is 6.07 Å². The monoisotopic (exact) mass is 473 g/mol. The number of benzene rings is 2. The molecule has 126 valence electrons. The van der Waals surface area contributed by atoms with Gasteiger partial charge in [0.1, 0.15) is 13.6 Å². The summed E-state index contributed by atoms with van der Waals surface area (Å²) >= 11 is 8.11. The van der Waals surface area contributed by atoms with Crippen LogP contribution in [-0.2, 0) is 4.57 Å². The molecule has 0 saturated carbocycles. The van der Waals surface area contributed by atoms with Gasteiger partial charge in [0.2, 0.25) is 0 Å². The number of phosphoric acid groups is 1. The molecule has 0 unspecified atom stereocenters. The van der Waals surface area contributed by atoms with Crippen molar-refractivity contribution in [2.45, 2.75) is 0 Å². The van der Waals surface area contributed by atoms with Gasteiger partial charge in [0.05, 0.1) is 5.71 Å². The summed E-state index contributed by atoms with van der Waals surface area (Å²) in [6.07, 6.45) is 0. The fourth-order valence-electron chi connectivity index (χ4n) is 1.87. The normalized spacial score (nSPS) is 11.0. The van der Waals surface area contributed by atoms with E-state index in [4.69, 9.17) is 18.0 Å². The van der Waals surface area contributed by atoms with Crippen molar-refractivity contribution in [3.63, 3.8) is 0 Å². The minimum Gasteiger partial charge on any atom is -0.780 e. The van der Waals surface area contributed by atoms with Crippen LogP contribution < -0.4 is 84.6 Å². The first-order chi connectivity index (χ1) is 11.2. The van der Waals surface area contributed by atoms with Crippen LogP contribution in [-0.4, -0.2) is 10.8 Å². The smallest absolute Gasteiger partial charge is 0.780 e. The van der Waals surface area contributed by atoms with Crippen molar-refractivity contribution in [1.29, 1.82) is 0 Å². The Morgan fingerprint density at radius 1 is 1.15 bits per heavy atom. The number of phosphoric ester groups is 1. The Balaban J connectivity index is 0.00000312. The number of nitrogens with zero attached hydrogens (tertiary/aromatic N) is 1. The Morgan fingerprint density at radius 3 is 2.27 bits per heavy atom. The summed E-state index contributed by atoms with van der Waals surface area (Å²) in [7, 11) is -5.15. The van der Waals surface area contributed by atoms with Crippen molar-refractivity contribution in [1.82, 2.24) is 5.43 Å². The molecule has 0 amide bonds. The summed E-state index contributed by atoms with van der Waals surface area (Å²) in [5, 5.41) is 4.11. The molecular weight excluding hydrogens is 463 g/mol. The fourth-order valence-corrected chi connectivity index (χ4v) is 2.69. The van der Waals surface area contributed by atoms with Crippen LogP contribution in [0.1, 0.15) is 11.1 Å². The molecule has 0 aliphatic carbocycles. The van der Waals surface area contributed by atoms with E-state index in [0.717, 1.165) is 4.47 Å². The Bertz CT molecular complexity index is 850. The van der Waals surface area contributed by atoms with Crippen LogP contribution in [0.3, 0.4) is 0 Å². The Hall–Kier alpha value is 0.230. The zero-order valence-corrected chi connectivity index (χ0v) is 21.3. The van der Waals surface area contributed by atoms with Gasteiger partial charge in [0, 0.05) is 15.6 Å². The third-order valence-electron chi connectivity index (χ3n) is 2.70. The zero-order chi connectivity index (χ0) is 17.7. The number of halogens is 1. The van der Waals surface area contributed by atoms with E-state index >= 15 is 0 Å². The fraction of sp³-hybridized carbons (Fsp3) is 0. The summed E-state index contributed by atoms with van der Waals surface area (Å²) < 4.78 is 16.0. The molecule has 2 rings (SSSR count). The number of hydrogen-bond acceptors (Lipinski definition) is 6. The van der Waals surface area contributed by atoms with Gasteiger partial charge < -0.3 is 24.6 Å². The quantitative estimate of drug-likeness (QED) is 0.147. The van der Waals surface area contributed by atoms with Crippen LogP contribution in [0, 0.1) is 0 Å². The van der Waals surface area contributed by atoms with Crippen molar-refractivity contribution >= 4 is 46.8 Å². The molecule has 0 aliphatic heterocycles. The molecular formula is C14H11BrN3Na2O4PS. The first kappa shape index (κ1) is 26.2. The van der Waals surface area contributed by atoms with Gasteiger partial charge >= 0.3 is 59.1 Å². The van der Waals surface area contributed by atoms with E-state index in [-0.39, 0.29) is 70.0 Å². The molecule has 0 aromatic heterocycles. The molecule has 0 spiro atoms. The minimum absolute atomic E-state index is 0. The molecule has 0 radical (unpaired) electrons. The number of hydrogen-bond donors (Lipinski definition) is 2. The predicted octanol–water partition coefficient (Wildman–Crippen LogP) is -4.75. The molecule has 0 saturated heterocycles. The van der Waals surface area contributed by atoms with Gasteiger partial charge in [-0.15, -0.1) is 0 Å². The minimum atomic E-state index is -5.15. The Kier molecular flexibility index (Phi) is 12.0.